The molecule has 0 bridgehead atoms. The number of nitrogens with one attached hydrogen (secondary N) is 1. The van der Waals surface area contributed by atoms with Crippen molar-refractivity contribution in [2.75, 3.05) is 19.6 Å². The van der Waals surface area contributed by atoms with E-state index < -0.39 is 0 Å². The first-order valence-electron chi connectivity index (χ1n) is 5.93. The molecule has 5 heteroatoms. The fraction of sp³-hybridized carbons (Fsp3) is 0.214. The van der Waals surface area contributed by atoms with Crippen molar-refractivity contribution in [1.82, 2.24) is 10.2 Å². The van der Waals surface area contributed by atoms with E-state index in [1.54, 1.807) is 30.3 Å². The van der Waals surface area contributed by atoms with Gasteiger partial charge in [0.2, 0.25) is 11.8 Å². The minimum Gasteiger partial charge on any atom is -0.353 e. The van der Waals surface area contributed by atoms with Crippen LogP contribution in [0.25, 0.3) is 6.08 Å². The third kappa shape index (κ3) is 3.19. The van der Waals surface area contributed by atoms with E-state index in [0.29, 0.717) is 24.2 Å². The molecule has 2 amide bonds. The monoisotopic (exact) mass is 255 g/mol. The predicted octanol–water partition coefficient (Wildman–Crippen LogP) is 0.530. The summed E-state index contributed by atoms with van der Waals surface area (Å²) in [5, 5.41) is 11.6. The highest BCUT2D eigenvalue weighted by Gasteiger charge is 2.18. The lowest BCUT2D eigenvalue weighted by molar-refractivity contribution is -0.134. The maximum Gasteiger partial charge on any atom is 0.247 e. The van der Waals surface area contributed by atoms with Gasteiger partial charge < -0.3 is 10.2 Å². The number of carbonyl (C=O) groups is 2. The molecule has 2 rings (SSSR count). The van der Waals surface area contributed by atoms with E-state index in [0.717, 1.165) is 0 Å². The Labute approximate surface area is 111 Å². The number of amides is 2. The first-order valence-corrected chi connectivity index (χ1v) is 5.93. The van der Waals surface area contributed by atoms with Gasteiger partial charge >= 0.3 is 0 Å². The Kier molecular flexibility index (Phi) is 3.94. The molecule has 1 heterocycles. The van der Waals surface area contributed by atoms with Crippen LogP contribution < -0.4 is 5.32 Å². The fourth-order valence-corrected chi connectivity index (χ4v) is 1.84. The molecule has 96 valence electrons. The Hall–Kier alpha value is -2.61. The molecule has 1 N–H and O–H groups in total. The molecule has 0 aromatic heterocycles. The number of carbonyl (C=O) groups excluding carboxylic acids is 2. The molecule has 0 unspecified atom stereocenters. The average molecular weight is 255 g/mol. The van der Waals surface area contributed by atoms with Crippen molar-refractivity contribution < 1.29 is 9.59 Å². The minimum atomic E-state index is -0.220. The Morgan fingerprint density at radius 1 is 1.42 bits per heavy atom. The first-order chi connectivity index (χ1) is 9.20. The summed E-state index contributed by atoms with van der Waals surface area (Å²) >= 11 is 0. The smallest absolute Gasteiger partial charge is 0.247 e. The van der Waals surface area contributed by atoms with Gasteiger partial charge in [0.05, 0.1) is 18.2 Å². The summed E-state index contributed by atoms with van der Waals surface area (Å²) in [5.74, 6) is -0.368. The molecule has 1 aliphatic rings. The molecule has 0 saturated carbocycles. The molecule has 1 fully saturated rings. The van der Waals surface area contributed by atoms with Gasteiger partial charge in [0.15, 0.2) is 0 Å². The van der Waals surface area contributed by atoms with Crippen molar-refractivity contribution in [2.45, 2.75) is 0 Å². The van der Waals surface area contributed by atoms with Crippen molar-refractivity contribution in [2.24, 2.45) is 0 Å². The van der Waals surface area contributed by atoms with Crippen LogP contribution in [0.5, 0.6) is 0 Å². The summed E-state index contributed by atoms with van der Waals surface area (Å²) in [6.45, 7) is 1.07. The maximum atomic E-state index is 11.9. The molecule has 5 nitrogen and oxygen atoms in total. The van der Waals surface area contributed by atoms with Gasteiger partial charge in [-0.25, -0.2) is 0 Å². The second kappa shape index (κ2) is 5.83. The molecule has 1 aliphatic heterocycles. The zero-order valence-electron chi connectivity index (χ0n) is 10.3. The highest BCUT2D eigenvalue weighted by molar-refractivity contribution is 5.95. The van der Waals surface area contributed by atoms with Crippen LogP contribution >= 0.6 is 0 Å². The Balaban J connectivity index is 2.08. The van der Waals surface area contributed by atoms with Gasteiger partial charge in [0.1, 0.15) is 0 Å². The summed E-state index contributed by atoms with van der Waals surface area (Å²) in [6.07, 6.45) is 3.00. The summed E-state index contributed by atoms with van der Waals surface area (Å²) in [5.41, 5.74) is 1.21. The molecular weight excluding hydrogens is 242 g/mol. The summed E-state index contributed by atoms with van der Waals surface area (Å²) in [7, 11) is 0. The predicted molar refractivity (Wildman–Crippen MR) is 69.8 cm³/mol. The highest BCUT2D eigenvalue weighted by atomic mass is 16.2. The van der Waals surface area contributed by atoms with Crippen LogP contribution in [0.15, 0.2) is 30.3 Å². The molecule has 0 radical (unpaired) electrons. The minimum absolute atomic E-state index is 0.0864. The van der Waals surface area contributed by atoms with Gasteiger partial charge in [-0.15, -0.1) is 0 Å². The number of rotatable bonds is 2. The van der Waals surface area contributed by atoms with Gasteiger partial charge in [-0.3, -0.25) is 9.59 Å². The molecule has 0 atom stereocenters. The SMILES string of the molecule is N#Cc1ccccc1/C=C/C(=O)N1CCNC(=O)C1. The largest absolute Gasteiger partial charge is 0.353 e. The molecule has 1 aromatic rings. The van der Waals surface area contributed by atoms with Gasteiger partial charge in [-0.2, -0.15) is 5.26 Å². The third-order valence-electron chi connectivity index (χ3n) is 2.84. The quantitative estimate of drug-likeness (QED) is 0.783. The van der Waals surface area contributed by atoms with Crippen LogP contribution in [0.4, 0.5) is 0 Å². The molecule has 19 heavy (non-hydrogen) atoms. The summed E-state index contributed by atoms with van der Waals surface area (Å²) in [6, 6.07) is 9.10. The maximum absolute atomic E-state index is 11.9. The Morgan fingerprint density at radius 2 is 2.21 bits per heavy atom. The zero-order valence-corrected chi connectivity index (χ0v) is 10.3. The average Bonchev–Trinajstić information content (AvgIpc) is 2.45. The molecular formula is C14H13N3O2. The Morgan fingerprint density at radius 3 is 2.95 bits per heavy atom. The van der Waals surface area contributed by atoms with Crippen LogP contribution in [0.2, 0.25) is 0 Å². The number of benzene rings is 1. The summed E-state index contributed by atoms with van der Waals surface area (Å²) in [4.78, 5) is 24.5. The van der Waals surface area contributed by atoms with Crippen LogP contribution in [-0.2, 0) is 9.59 Å². The molecule has 1 aromatic carbocycles. The van der Waals surface area contributed by atoms with Gasteiger partial charge in [-0.05, 0) is 17.7 Å². The normalized spacial score (nSPS) is 15.1. The van der Waals surface area contributed by atoms with E-state index in [-0.39, 0.29) is 18.4 Å². The van der Waals surface area contributed by atoms with E-state index in [1.165, 1.54) is 11.0 Å². The van der Waals surface area contributed by atoms with E-state index in [4.69, 9.17) is 5.26 Å². The van der Waals surface area contributed by atoms with E-state index in [2.05, 4.69) is 11.4 Å². The van der Waals surface area contributed by atoms with Crippen LogP contribution in [0.3, 0.4) is 0 Å². The van der Waals surface area contributed by atoms with Gasteiger partial charge in [0, 0.05) is 19.2 Å². The second-order valence-corrected chi connectivity index (χ2v) is 4.14. The van der Waals surface area contributed by atoms with Gasteiger partial charge in [-0.1, -0.05) is 18.2 Å². The van der Waals surface area contributed by atoms with E-state index >= 15 is 0 Å². The fourth-order valence-electron chi connectivity index (χ4n) is 1.84. The van der Waals surface area contributed by atoms with Crippen LogP contribution in [0, 0.1) is 11.3 Å². The molecule has 0 aliphatic carbocycles. The van der Waals surface area contributed by atoms with Crippen molar-refractivity contribution in [3.05, 3.63) is 41.5 Å². The number of nitrogens with zero attached hydrogens (tertiary/aromatic N) is 2. The van der Waals surface area contributed by atoms with Gasteiger partial charge in [0.25, 0.3) is 0 Å². The zero-order chi connectivity index (χ0) is 13.7. The standard InChI is InChI=1S/C14H13N3O2/c15-9-12-4-2-1-3-11(12)5-6-14(19)17-8-7-16-13(18)10-17/h1-6H,7-8,10H2,(H,16,18)/b6-5+. The second-order valence-electron chi connectivity index (χ2n) is 4.14. The highest BCUT2D eigenvalue weighted by Crippen LogP contribution is 2.09. The van der Waals surface area contributed by atoms with Crippen LogP contribution in [-0.4, -0.2) is 36.3 Å². The lowest BCUT2D eigenvalue weighted by Crippen LogP contribution is -2.49. The number of hydrogen-bond donors (Lipinski definition) is 1. The third-order valence-corrected chi connectivity index (χ3v) is 2.84. The Bertz CT molecular complexity index is 572. The number of hydrogen-bond acceptors (Lipinski definition) is 3. The first kappa shape index (κ1) is 12.8. The van der Waals surface area contributed by atoms with E-state index in [9.17, 15) is 9.59 Å². The number of nitriles is 1. The van der Waals surface area contributed by atoms with Crippen molar-refractivity contribution in [3.8, 4) is 6.07 Å². The molecule has 1 saturated heterocycles. The van der Waals surface area contributed by atoms with Crippen molar-refractivity contribution >= 4 is 17.9 Å². The van der Waals surface area contributed by atoms with Crippen molar-refractivity contribution in [3.63, 3.8) is 0 Å². The molecule has 0 spiro atoms. The lowest BCUT2D eigenvalue weighted by atomic mass is 10.1. The number of piperazine rings is 1. The summed E-state index contributed by atoms with van der Waals surface area (Å²) < 4.78 is 0. The van der Waals surface area contributed by atoms with Crippen molar-refractivity contribution in [1.29, 1.82) is 5.26 Å². The lowest BCUT2D eigenvalue weighted by Gasteiger charge is -2.25. The van der Waals surface area contributed by atoms with Crippen LogP contribution in [0.1, 0.15) is 11.1 Å². The topological polar surface area (TPSA) is 73.2 Å². The van der Waals surface area contributed by atoms with E-state index in [1.807, 2.05) is 0 Å².